The molecule has 0 saturated heterocycles. The van der Waals surface area contributed by atoms with Gasteiger partial charge in [0.25, 0.3) is 0 Å². The molecule has 0 bridgehead atoms. The summed E-state index contributed by atoms with van der Waals surface area (Å²) in [5.41, 5.74) is 8.30. The number of benzene rings is 2. The Balaban J connectivity index is 0.00000200. The van der Waals surface area contributed by atoms with Gasteiger partial charge < -0.3 is 5.73 Å². The van der Waals surface area contributed by atoms with Crippen LogP contribution in [0.15, 0.2) is 48.5 Å². The first-order valence-corrected chi connectivity index (χ1v) is 6.69. The standard InChI is InChI=1S/C16H17ClFN.ClH/c1-11(19)16(13-4-8-15(18)9-5-13)10-12-2-6-14(17)7-3-12;/h2-9,11,16H,10,19H2,1H3;1H. The van der Waals surface area contributed by atoms with Crippen molar-refractivity contribution in [2.24, 2.45) is 5.73 Å². The second kappa shape index (κ2) is 7.63. The molecule has 0 aliphatic rings. The van der Waals surface area contributed by atoms with Gasteiger partial charge in [0, 0.05) is 17.0 Å². The van der Waals surface area contributed by atoms with E-state index in [4.69, 9.17) is 17.3 Å². The maximum atomic E-state index is 13.0. The summed E-state index contributed by atoms with van der Waals surface area (Å²) < 4.78 is 13.0. The van der Waals surface area contributed by atoms with Gasteiger partial charge in [-0.25, -0.2) is 4.39 Å². The summed E-state index contributed by atoms with van der Waals surface area (Å²) in [6, 6.07) is 14.3. The van der Waals surface area contributed by atoms with Crippen molar-refractivity contribution in [3.05, 3.63) is 70.5 Å². The van der Waals surface area contributed by atoms with Gasteiger partial charge in [0.05, 0.1) is 0 Å². The first kappa shape index (κ1) is 17.0. The molecule has 4 heteroatoms. The fourth-order valence-electron chi connectivity index (χ4n) is 2.19. The number of hydrogen-bond donors (Lipinski definition) is 1. The number of nitrogens with two attached hydrogens (primary N) is 1. The first-order chi connectivity index (χ1) is 9.06. The van der Waals surface area contributed by atoms with Crippen molar-refractivity contribution in [2.75, 3.05) is 0 Å². The van der Waals surface area contributed by atoms with Gasteiger partial charge in [-0.3, -0.25) is 0 Å². The molecular formula is C16H18Cl2FN. The highest BCUT2D eigenvalue weighted by Crippen LogP contribution is 2.24. The van der Waals surface area contributed by atoms with Crippen LogP contribution >= 0.6 is 24.0 Å². The summed E-state index contributed by atoms with van der Waals surface area (Å²) in [7, 11) is 0. The Morgan fingerprint density at radius 3 is 2.10 bits per heavy atom. The minimum atomic E-state index is -0.223. The third kappa shape index (κ3) is 4.48. The molecule has 0 saturated carbocycles. The van der Waals surface area contributed by atoms with E-state index in [-0.39, 0.29) is 30.2 Å². The number of hydrogen-bond acceptors (Lipinski definition) is 1. The van der Waals surface area contributed by atoms with E-state index in [1.807, 2.05) is 31.2 Å². The fraction of sp³-hybridized carbons (Fsp3) is 0.250. The molecule has 0 radical (unpaired) electrons. The van der Waals surface area contributed by atoms with Crippen LogP contribution in [-0.2, 0) is 6.42 Å². The zero-order chi connectivity index (χ0) is 13.8. The van der Waals surface area contributed by atoms with Crippen molar-refractivity contribution in [2.45, 2.75) is 25.3 Å². The summed E-state index contributed by atoms with van der Waals surface area (Å²) in [4.78, 5) is 0. The lowest BCUT2D eigenvalue weighted by atomic mass is 9.87. The van der Waals surface area contributed by atoms with Crippen LogP contribution in [0.4, 0.5) is 4.39 Å². The monoisotopic (exact) mass is 313 g/mol. The van der Waals surface area contributed by atoms with Crippen LogP contribution < -0.4 is 5.73 Å². The van der Waals surface area contributed by atoms with Crippen molar-refractivity contribution in [3.8, 4) is 0 Å². The second-order valence-corrected chi connectivity index (χ2v) is 5.28. The Morgan fingerprint density at radius 1 is 1.05 bits per heavy atom. The normalized spacial score (nSPS) is 13.4. The summed E-state index contributed by atoms with van der Waals surface area (Å²) >= 11 is 5.88. The van der Waals surface area contributed by atoms with Gasteiger partial charge in [0.1, 0.15) is 5.82 Å². The molecule has 20 heavy (non-hydrogen) atoms. The Hall–Kier alpha value is -1.09. The molecular weight excluding hydrogens is 296 g/mol. The zero-order valence-corrected chi connectivity index (χ0v) is 12.8. The molecule has 1 nitrogen and oxygen atoms in total. The van der Waals surface area contributed by atoms with E-state index in [2.05, 4.69) is 0 Å². The van der Waals surface area contributed by atoms with Crippen LogP contribution in [0.2, 0.25) is 5.02 Å². The lowest BCUT2D eigenvalue weighted by molar-refractivity contribution is 0.562. The predicted octanol–water partition coefficient (Wildman–Crippen LogP) is 4.57. The zero-order valence-electron chi connectivity index (χ0n) is 11.2. The van der Waals surface area contributed by atoms with Gasteiger partial charge in [0.15, 0.2) is 0 Å². The van der Waals surface area contributed by atoms with Crippen molar-refractivity contribution in [1.29, 1.82) is 0 Å². The van der Waals surface area contributed by atoms with Crippen LogP contribution in [0.3, 0.4) is 0 Å². The summed E-state index contributed by atoms with van der Waals surface area (Å²) in [5, 5.41) is 0.725. The van der Waals surface area contributed by atoms with Gasteiger partial charge in [-0.15, -0.1) is 12.4 Å². The van der Waals surface area contributed by atoms with E-state index >= 15 is 0 Å². The lowest BCUT2D eigenvalue weighted by Crippen LogP contribution is -2.26. The maximum absolute atomic E-state index is 13.0. The van der Waals surface area contributed by atoms with E-state index < -0.39 is 0 Å². The highest BCUT2D eigenvalue weighted by molar-refractivity contribution is 6.30. The van der Waals surface area contributed by atoms with Crippen molar-refractivity contribution in [1.82, 2.24) is 0 Å². The van der Waals surface area contributed by atoms with Gasteiger partial charge in [-0.05, 0) is 48.7 Å². The molecule has 2 atom stereocenters. The molecule has 0 amide bonds. The molecule has 108 valence electrons. The van der Waals surface area contributed by atoms with E-state index in [1.165, 1.54) is 17.7 Å². The molecule has 0 aliphatic heterocycles. The largest absolute Gasteiger partial charge is 0.327 e. The minimum absolute atomic E-state index is 0. The molecule has 2 unspecified atom stereocenters. The van der Waals surface area contributed by atoms with Gasteiger partial charge in [-0.1, -0.05) is 35.9 Å². The average molecular weight is 314 g/mol. The number of halogens is 3. The van der Waals surface area contributed by atoms with Gasteiger partial charge in [-0.2, -0.15) is 0 Å². The Morgan fingerprint density at radius 2 is 1.60 bits per heavy atom. The van der Waals surface area contributed by atoms with Gasteiger partial charge >= 0.3 is 0 Å². The van der Waals surface area contributed by atoms with Crippen LogP contribution in [0.5, 0.6) is 0 Å². The summed E-state index contributed by atoms with van der Waals surface area (Å²) in [6.45, 7) is 1.98. The summed E-state index contributed by atoms with van der Waals surface area (Å²) in [5.74, 6) is -0.0551. The van der Waals surface area contributed by atoms with E-state index in [1.54, 1.807) is 12.1 Å². The molecule has 0 spiro atoms. The Kier molecular flexibility index (Phi) is 6.47. The van der Waals surface area contributed by atoms with Crippen molar-refractivity contribution < 1.29 is 4.39 Å². The predicted molar refractivity (Wildman–Crippen MR) is 85.2 cm³/mol. The molecule has 0 heterocycles. The van der Waals surface area contributed by atoms with Crippen molar-refractivity contribution >= 4 is 24.0 Å². The van der Waals surface area contributed by atoms with Gasteiger partial charge in [0.2, 0.25) is 0 Å². The Labute approximate surface area is 130 Å². The maximum Gasteiger partial charge on any atom is 0.123 e. The quantitative estimate of drug-likeness (QED) is 0.878. The topological polar surface area (TPSA) is 26.0 Å². The van der Waals surface area contributed by atoms with Crippen LogP contribution in [0, 0.1) is 5.82 Å². The fourth-order valence-corrected chi connectivity index (χ4v) is 2.32. The molecule has 2 aromatic carbocycles. The minimum Gasteiger partial charge on any atom is -0.327 e. The van der Waals surface area contributed by atoms with E-state index in [9.17, 15) is 4.39 Å². The summed E-state index contributed by atoms with van der Waals surface area (Å²) in [6.07, 6.45) is 0.820. The lowest BCUT2D eigenvalue weighted by Gasteiger charge is -2.21. The highest BCUT2D eigenvalue weighted by atomic mass is 35.5. The first-order valence-electron chi connectivity index (χ1n) is 6.32. The molecule has 0 aromatic heterocycles. The van der Waals surface area contributed by atoms with Crippen LogP contribution in [-0.4, -0.2) is 6.04 Å². The van der Waals surface area contributed by atoms with Crippen LogP contribution in [0.1, 0.15) is 24.0 Å². The molecule has 2 rings (SSSR count). The smallest absolute Gasteiger partial charge is 0.123 e. The molecule has 0 aliphatic carbocycles. The molecule has 0 fully saturated rings. The second-order valence-electron chi connectivity index (χ2n) is 4.85. The molecule has 2 N–H and O–H groups in total. The molecule has 2 aromatic rings. The average Bonchev–Trinajstić information content (AvgIpc) is 2.39. The van der Waals surface area contributed by atoms with Crippen LogP contribution in [0.25, 0.3) is 0 Å². The van der Waals surface area contributed by atoms with E-state index in [0.717, 1.165) is 17.0 Å². The Bertz CT molecular complexity index is 523. The SMILES string of the molecule is CC(N)C(Cc1ccc(Cl)cc1)c1ccc(F)cc1.Cl. The number of rotatable bonds is 4. The van der Waals surface area contributed by atoms with Crippen molar-refractivity contribution in [3.63, 3.8) is 0 Å². The third-order valence-corrected chi connectivity index (χ3v) is 3.55. The van der Waals surface area contributed by atoms with E-state index in [0.29, 0.717) is 0 Å². The highest BCUT2D eigenvalue weighted by Gasteiger charge is 2.16. The third-order valence-electron chi connectivity index (χ3n) is 3.30.